The Morgan fingerprint density at radius 2 is 1.67 bits per heavy atom. The van der Waals surface area contributed by atoms with Gasteiger partial charge >= 0.3 is 12.6 Å². The van der Waals surface area contributed by atoms with Crippen molar-refractivity contribution < 1.29 is 36.2 Å². The Morgan fingerprint density at radius 3 is 2.29 bits per heavy atom. The number of carbonyl (C=O) groups is 1. The van der Waals surface area contributed by atoms with E-state index in [0.29, 0.717) is 42.4 Å². The van der Waals surface area contributed by atoms with E-state index < -0.39 is 28.7 Å². The van der Waals surface area contributed by atoms with Gasteiger partial charge in [-0.15, -0.1) is 0 Å². The van der Waals surface area contributed by atoms with Crippen molar-refractivity contribution in [2.45, 2.75) is 36.9 Å². The quantitative estimate of drug-likeness (QED) is 0.191. The Labute approximate surface area is 270 Å². The van der Waals surface area contributed by atoms with Crippen LogP contribution in [0.4, 0.5) is 14.5 Å². The van der Waals surface area contributed by atoms with Gasteiger partial charge in [0.2, 0.25) is 10.0 Å². The maximum atomic E-state index is 13.3. The highest BCUT2D eigenvalue weighted by Crippen LogP contribution is 2.38. The SMILES string of the molecule is Nc1ccc(S(=O)(=O)N2CCN(CC(=O)O[C@@H](Cc3c(Cl)cncc3Cl)c3ccc(OC(F)F)c(OCC4CC4)c3)CC2)cc1. The summed E-state index contributed by atoms with van der Waals surface area (Å²) in [5, 5.41) is 0.537. The van der Waals surface area contributed by atoms with Gasteiger partial charge in [0, 0.05) is 50.7 Å². The van der Waals surface area contributed by atoms with Crippen LogP contribution >= 0.6 is 23.2 Å². The number of ether oxygens (including phenoxy) is 3. The maximum Gasteiger partial charge on any atom is 0.387 e. The summed E-state index contributed by atoms with van der Waals surface area (Å²) in [6.45, 7) is -1.86. The van der Waals surface area contributed by atoms with Crippen LogP contribution in [0.15, 0.2) is 59.8 Å². The first-order valence-electron chi connectivity index (χ1n) is 14.3. The van der Waals surface area contributed by atoms with E-state index in [2.05, 4.69) is 9.72 Å². The lowest BCUT2D eigenvalue weighted by molar-refractivity contribution is -0.151. The van der Waals surface area contributed by atoms with Gasteiger partial charge in [0.05, 0.1) is 28.1 Å². The van der Waals surface area contributed by atoms with Crippen LogP contribution in [0.2, 0.25) is 10.0 Å². The molecule has 1 aromatic heterocycles. The highest BCUT2D eigenvalue weighted by molar-refractivity contribution is 7.89. The summed E-state index contributed by atoms with van der Waals surface area (Å²) < 4.78 is 70.1. The number of anilines is 1. The minimum absolute atomic E-state index is 0.0661. The molecule has 0 unspecified atom stereocenters. The molecule has 0 amide bonds. The molecule has 2 aromatic carbocycles. The average Bonchev–Trinajstić information content (AvgIpc) is 3.83. The number of carbonyl (C=O) groups excluding carboxylic acids is 1. The molecule has 15 heteroatoms. The van der Waals surface area contributed by atoms with E-state index in [4.69, 9.17) is 38.4 Å². The summed E-state index contributed by atoms with van der Waals surface area (Å²) in [7, 11) is -3.71. The third kappa shape index (κ3) is 8.73. The number of piperazine rings is 1. The monoisotopic (exact) mass is 684 g/mol. The fourth-order valence-corrected chi connectivity index (χ4v) is 6.81. The molecule has 0 radical (unpaired) electrons. The number of halogens is 4. The van der Waals surface area contributed by atoms with E-state index in [1.54, 1.807) is 4.90 Å². The van der Waals surface area contributed by atoms with Crippen LogP contribution in [0, 0.1) is 5.92 Å². The van der Waals surface area contributed by atoms with Crippen LogP contribution < -0.4 is 15.2 Å². The van der Waals surface area contributed by atoms with Crippen LogP contribution in [0.25, 0.3) is 0 Å². The molecule has 0 bridgehead atoms. The number of rotatable bonds is 13. The highest BCUT2D eigenvalue weighted by Gasteiger charge is 2.31. The standard InChI is InChI=1S/C30H32Cl2F2N4O6S/c31-24-15-36-16-25(32)23(24)14-27(20-3-8-26(44-30(33)34)28(13-20)42-18-19-1-2-19)43-29(39)17-37-9-11-38(12-10-37)45(40,41)22-6-4-21(35)5-7-22/h3-8,13,15-16,19,27,30H,1-2,9-12,14,17-18,35H2/t27-/m0/s1. The Balaban J connectivity index is 1.30. The number of alkyl halides is 2. The van der Waals surface area contributed by atoms with Gasteiger partial charge in [-0.05, 0) is 66.3 Å². The molecule has 3 aromatic rings. The lowest BCUT2D eigenvalue weighted by atomic mass is 10.0. The Bertz CT molecular complexity index is 1580. The molecule has 5 rings (SSSR count). The van der Waals surface area contributed by atoms with Crippen LogP contribution in [-0.2, 0) is 26.0 Å². The van der Waals surface area contributed by atoms with Gasteiger partial charge in [0.15, 0.2) is 11.5 Å². The second-order valence-corrected chi connectivity index (χ2v) is 13.6. The first-order valence-corrected chi connectivity index (χ1v) is 16.5. The van der Waals surface area contributed by atoms with Gasteiger partial charge in [-0.2, -0.15) is 13.1 Å². The molecule has 2 fully saturated rings. The summed E-state index contributed by atoms with van der Waals surface area (Å²) in [5.41, 5.74) is 7.09. The third-order valence-corrected chi connectivity index (χ3v) is 10.1. The first kappa shape index (κ1) is 33.1. The van der Waals surface area contributed by atoms with Crippen LogP contribution in [0.3, 0.4) is 0 Å². The molecule has 1 saturated heterocycles. The molecule has 1 atom stereocenters. The lowest BCUT2D eigenvalue weighted by Crippen LogP contribution is -2.50. The van der Waals surface area contributed by atoms with Crippen LogP contribution in [0.5, 0.6) is 11.5 Å². The second-order valence-electron chi connectivity index (χ2n) is 10.9. The van der Waals surface area contributed by atoms with Crippen LogP contribution in [0.1, 0.15) is 30.1 Å². The first-order chi connectivity index (χ1) is 21.5. The van der Waals surface area contributed by atoms with Gasteiger partial charge in [-0.1, -0.05) is 29.3 Å². The number of hydrogen-bond donors (Lipinski definition) is 1. The Morgan fingerprint density at radius 1 is 1.00 bits per heavy atom. The van der Waals surface area contributed by atoms with Gasteiger partial charge in [0.1, 0.15) is 6.10 Å². The average molecular weight is 686 g/mol. The van der Waals surface area contributed by atoms with E-state index in [9.17, 15) is 22.0 Å². The van der Waals surface area contributed by atoms with Crippen molar-refractivity contribution in [2.24, 2.45) is 5.92 Å². The molecule has 1 saturated carbocycles. The number of nitrogens with zero attached hydrogens (tertiary/aromatic N) is 3. The predicted molar refractivity (Wildman–Crippen MR) is 164 cm³/mol. The minimum Gasteiger partial charge on any atom is -0.489 e. The highest BCUT2D eigenvalue weighted by atomic mass is 35.5. The normalized spacial score (nSPS) is 16.8. The number of benzene rings is 2. The molecule has 2 N–H and O–H groups in total. The maximum absolute atomic E-state index is 13.3. The van der Waals surface area contributed by atoms with Gasteiger partial charge in [-0.25, -0.2) is 8.42 Å². The van der Waals surface area contributed by atoms with E-state index in [0.717, 1.165) is 12.8 Å². The van der Waals surface area contributed by atoms with E-state index in [-0.39, 0.29) is 52.5 Å². The zero-order valence-electron chi connectivity index (χ0n) is 24.1. The molecule has 1 aliphatic heterocycles. The number of sulfonamides is 1. The summed E-state index contributed by atoms with van der Waals surface area (Å²) in [4.78, 5) is 19.2. The number of nitrogen functional groups attached to an aromatic ring is 1. The lowest BCUT2D eigenvalue weighted by Gasteiger charge is -2.33. The molecule has 0 spiro atoms. The molecule has 1 aliphatic carbocycles. The topological polar surface area (TPSA) is 124 Å². The van der Waals surface area contributed by atoms with Crippen molar-refractivity contribution in [3.05, 3.63) is 76.0 Å². The van der Waals surface area contributed by atoms with Crippen molar-refractivity contribution in [1.29, 1.82) is 0 Å². The van der Waals surface area contributed by atoms with Crippen molar-refractivity contribution >= 4 is 44.9 Å². The molecule has 10 nitrogen and oxygen atoms in total. The number of esters is 1. The molecular weight excluding hydrogens is 653 g/mol. The van der Waals surface area contributed by atoms with Crippen molar-refractivity contribution in [3.63, 3.8) is 0 Å². The minimum atomic E-state index is -3.71. The third-order valence-electron chi connectivity index (χ3n) is 7.54. The molecule has 45 heavy (non-hydrogen) atoms. The van der Waals surface area contributed by atoms with Crippen LogP contribution in [-0.4, -0.2) is 74.5 Å². The number of hydrogen-bond acceptors (Lipinski definition) is 9. The van der Waals surface area contributed by atoms with Crippen molar-refractivity contribution in [1.82, 2.24) is 14.2 Å². The van der Waals surface area contributed by atoms with Gasteiger partial charge in [-0.3, -0.25) is 14.7 Å². The molecule has 2 aliphatic rings. The second kappa shape index (κ2) is 14.5. The van der Waals surface area contributed by atoms with E-state index in [1.165, 1.54) is 59.2 Å². The van der Waals surface area contributed by atoms with E-state index in [1.807, 2.05) is 0 Å². The molecule has 242 valence electrons. The fraction of sp³-hybridized carbons (Fsp3) is 0.400. The molecular formula is C30H32Cl2F2N4O6S. The molecule has 2 heterocycles. The summed E-state index contributed by atoms with van der Waals surface area (Å²) in [5.74, 6) is -0.264. The largest absolute Gasteiger partial charge is 0.489 e. The van der Waals surface area contributed by atoms with Gasteiger partial charge in [0.25, 0.3) is 0 Å². The van der Waals surface area contributed by atoms with Gasteiger partial charge < -0.3 is 19.9 Å². The Kier molecular flexibility index (Phi) is 10.7. The fourth-order valence-electron chi connectivity index (χ4n) is 4.86. The van der Waals surface area contributed by atoms with Crippen molar-refractivity contribution in [2.75, 3.05) is 45.1 Å². The number of aromatic nitrogens is 1. The smallest absolute Gasteiger partial charge is 0.387 e. The zero-order valence-corrected chi connectivity index (χ0v) is 26.4. The van der Waals surface area contributed by atoms with Crippen molar-refractivity contribution in [3.8, 4) is 11.5 Å². The predicted octanol–water partition coefficient (Wildman–Crippen LogP) is 5.19. The summed E-state index contributed by atoms with van der Waals surface area (Å²) in [6, 6.07) is 10.4. The number of pyridine rings is 1. The zero-order chi connectivity index (χ0) is 32.1. The van der Waals surface area contributed by atoms with E-state index >= 15 is 0 Å². The summed E-state index contributed by atoms with van der Waals surface area (Å²) >= 11 is 12.8. The number of nitrogens with two attached hydrogens (primary N) is 1. The summed E-state index contributed by atoms with van der Waals surface area (Å²) in [6.07, 6.45) is 3.96. The Hall–Kier alpha value is -3.23.